The van der Waals surface area contributed by atoms with E-state index < -0.39 is 0 Å². The highest BCUT2D eigenvalue weighted by atomic mass is 16.3. The second-order valence-corrected chi connectivity index (χ2v) is 13.2. The van der Waals surface area contributed by atoms with E-state index in [2.05, 4.69) is 115 Å². The molecule has 0 fully saturated rings. The summed E-state index contributed by atoms with van der Waals surface area (Å²) in [5.41, 5.74) is 8.04. The Kier molecular flexibility index (Phi) is 6.18. The predicted molar refractivity (Wildman–Crippen MR) is 211 cm³/mol. The minimum Gasteiger partial charge on any atom is -0.456 e. The Morgan fingerprint density at radius 3 is 1.77 bits per heavy atom. The zero-order valence-electron chi connectivity index (χ0n) is 27.7. The Balaban J connectivity index is 1.12. The predicted octanol–water partition coefficient (Wildman–Crippen LogP) is 12.6. The molecule has 11 rings (SSSR count). The van der Waals surface area contributed by atoms with Gasteiger partial charge in [-0.25, -0.2) is 15.0 Å². The van der Waals surface area contributed by atoms with E-state index in [0.29, 0.717) is 17.5 Å². The van der Waals surface area contributed by atoms with Crippen molar-refractivity contribution in [3.8, 4) is 45.3 Å². The molecule has 0 saturated carbocycles. The monoisotopic (exact) mass is 665 g/mol. The van der Waals surface area contributed by atoms with E-state index in [-0.39, 0.29) is 0 Å². The van der Waals surface area contributed by atoms with E-state index in [4.69, 9.17) is 23.8 Å². The minimum absolute atomic E-state index is 0.539. The molecular weight excluding hydrogens is 639 g/mol. The number of aromatic nitrogens is 3. The maximum atomic E-state index is 6.63. The van der Waals surface area contributed by atoms with Gasteiger partial charge in [0.2, 0.25) is 0 Å². The normalized spacial score (nSPS) is 11.8. The van der Waals surface area contributed by atoms with Crippen molar-refractivity contribution >= 4 is 65.4 Å². The lowest BCUT2D eigenvalue weighted by atomic mass is 10.00. The molecule has 3 aromatic heterocycles. The van der Waals surface area contributed by atoms with Crippen LogP contribution in [0.4, 0.5) is 0 Å². The lowest BCUT2D eigenvalue weighted by molar-refractivity contribution is 0.669. The van der Waals surface area contributed by atoms with Gasteiger partial charge in [0.25, 0.3) is 0 Å². The standard InChI is InChI=1S/C47H27N3O2/c1-2-10-31-25-34(24-21-28(31)9-1)29-19-22-30(23-20-29)45-48-46(37-15-8-18-41-43(37)36-13-5-6-17-40(36)51-41)50-47(49-45)38-16-7-14-35-39-26-32-11-3-4-12-33(32)27-42(39)52-44(35)38/h1-27H. The summed E-state index contributed by atoms with van der Waals surface area (Å²) in [6.07, 6.45) is 0. The first-order valence-electron chi connectivity index (χ1n) is 17.3. The number of hydrogen-bond donors (Lipinski definition) is 0. The fourth-order valence-corrected chi connectivity index (χ4v) is 7.55. The van der Waals surface area contributed by atoms with E-state index in [9.17, 15) is 0 Å². The summed E-state index contributed by atoms with van der Waals surface area (Å²) in [5.74, 6) is 1.68. The van der Waals surface area contributed by atoms with Crippen LogP contribution in [-0.2, 0) is 0 Å². The zero-order chi connectivity index (χ0) is 34.2. The van der Waals surface area contributed by atoms with Crippen molar-refractivity contribution in [1.82, 2.24) is 15.0 Å². The molecule has 0 aliphatic rings. The number of nitrogens with zero attached hydrogens (tertiary/aromatic N) is 3. The molecular formula is C47H27N3O2. The van der Waals surface area contributed by atoms with Crippen LogP contribution < -0.4 is 0 Å². The van der Waals surface area contributed by atoms with Crippen LogP contribution in [0.3, 0.4) is 0 Å². The molecule has 242 valence electrons. The number of para-hydroxylation sites is 2. The van der Waals surface area contributed by atoms with Gasteiger partial charge in [0.1, 0.15) is 22.3 Å². The van der Waals surface area contributed by atoms with E-state index >= 15 is 0 Å². The molecule has 0 bridgehead atoms. The molecule has 5 heteroatoms. The summed E-state index contributed by atoms with van der Waals surface area (Å²) in [4.78, 5) is 15.5. The highest BCUT2D eigenvalue weighted by molar-refractivity contribution is 6.14. The largest absolute Gasteiger partial charge is 0.456 e. The summed E-state index contributed by atoms with van der Waals surface area (Å²) in [7, 11) is 0. The van der Waals surface area contributed by atoms with Crippen LogP contribution in [0, 0.1) is 0 Å². The molecule has 8 aromatic carbocycles. The average molecular weight is 666 g/mol. The molecule has 0 amide bonds. The molecule has 0 atom stereocenters. The molecule has 0 aliphatic heterocycles. The van der Waals surface area contributed by atoms with Gasteiger partial charge >= 0.3 is 0 Å². The van der Waals surface area contributed by atoms with Crippen LogP contribution in [0.1, 0.15) is 0 Å². The summed E-state index contributed by atoms with van der Waals surface area (Å²) in [5, 5.41) is 8.80. The van der Waals surface area contributed by atoms with Gasteiger partial charge in [0.15, 0.2) is 17.5 Å². The molecule has 11 aromatic rings. The van der Waals surface area contributed by atoms with Gasteiger partial charge in [0, 0.05) is 32.7 Å². The number of rotatable bonds is 4. The second-order valence-electron chi connectivity index (χ2n) is 13.2. The van der Waals surface area contributed by atoms with Gasteiger partial charge < -0.3 is 8.83 Å². The summed E-state index contributed by atoms with van der Waals surface area (Å²) >= 11 is 0. The van der Waals surface area contributed by atoms with Crippen LogP contribution in [0.15, 0.2) is 173 Å². The fourth-order valence-electron chi connectivity index (χ4n) is 7.55. The van der Waals surface area contributed by atoms with Gasteiger partial charge in [-0.1, -0.05) is 127 Å². The molecule has 0 radical (unpaired) electrons. The quantitative estimate of drug-likeness (QED) is 0.187. The van der Waals surface area contributed by atoms with Crippen LogP contribution in [0.2, 0.25) is 0 Å². The highest BCUT2D eigenvalue weighted by Gasteiger charge is 2.20. The molecule has 0 N–H and O–H groups in total. The van der Waals surface area contributed by atoms with Gasteiger partial charge in [-0.3, -0.25) is 0 Å². The lowest BCUT2D eigenvalue weighted by Crippen LogP contribution is -2.00. The van der Waals surface area contributed by atoms with Gasteiger partial charge in [-0.05, 0) is 69.1 Å². The van der Waals surface area contributed by atoms with Crippen molar-refractivity contribution in [3.63, 3.8) is 0 Å². The van der Waals surface area contributed by atoms with Gasteiger partial charge in [-0.2, -0.15) is 0 Å². The average Bonchev–Trinajstić information content (AvgIpc) is 3.77. The SMILES string of the molecule is c1ccc2cc(-c3ccc(-c4nc(-c5cccc6c5oc5cc7ccccc7cc56)nc(-c5cccc6oc7ccccc7c56)n4)cc3)ccc2c1. The Morgan fingerprint density at radius 2 is 0.923 bits per heavy atom. The molecule has 0 unspecified atom stereocenters. The summed E-state index contributed by atoms with van der Waals surface area (Å²) in [6.45, 7) is 0. The fraction of sp³-hybridized carbons (Fsp3) is 0. The summed E-state index contributed by atoms with van der Waals surface area (Å²) in [6, 6.07) is 56.4. The Morgan fingerprint density at radius 1 is 0.327 bits per heavy atom. The van der Waals surface area contributed by atoms with Crippen molar-refractivity contribution in [2.45, 2.75) is 0 Å². The third kappa shape index (κ3) is 4.53. The molecule has 0 spiro atoms. The van der Waals surface area contributed by atoms with Crippen LogP contribution in [-0.4, -0.2) is 15.0 Å². The third-order valence-corrected chi connectivity index (χ3v) is 10.1. The molecule has 5 nitrogen and oxygen atoms in total. The van der Waals surface area contributed by atoms with Crippen molar-refractivity contribution in [2.24, 2.45) is 0 Å². The lowest BCUT2D eigenvalue weighted by Gasteiger charge is -2.10. The Labute approximate surface area is 297 Å². The minimum atomic E-state index is 0.539. The van der Waals surface area contributed by atoms with E-state index in [1.165, 1.54) is 16.2 Å². The zero-order valence-corrected chi connectivity index (χ0v) is 27.7. The molecule has 0 aliphatic carbocycles. The summed E-state index contributed by atoms with van der Waals surface area (Å²) < 4.78 is 12.9. The first kappa shape index (κ1) is 28.7. The highest BCUT2D eigenvalue weighted by Crippen LogP contribution is 2.40. The number of fused-ring (bicyclic) bond motifs is 8. The van der Waals surface area contributed by atoms with Crippen LogP contribution in [0.5, 0.6) is 0 Å². The number of benzene rings is 8. The van der Waals surface area contributed by atoms with Crippen molar-refractivity contribution in [3.05, 3.63) is 164 Å². The first-order valence-corrected chi connectivity index (χ1v) is 17.3. The van der Waals surface area contributed by atoms with Gasteiger partial charge in [-0.15, -0.1) is 0 Å². The maximum absolute atomic E-state index is 6.63. The van der Waals surface area contributed by atoms with E-state index in [1.807, 2.05) is 48.5 Å². The van der Waals surface area contributed by atoms with Gasteiger partial charge in [0.05, 0.1) is 5.56 Å². The van der Waals surface area contributed by atoms with E-state index in [1.54, 1.807) is 0 Å². The van der Waals surface area contributed by atoms with E-state index in [0.717, 1.165) is 77.1 Å². The van der Waals surface area contributed by atoms with Crippen molar-refractivity contribution in [2.75, 3.05) is 0 Å². The maximum Gasteiger partial charge on any atom is 0.167 e. The molecule has 52 heavy (non-hydrogen) atoms. The Hall–Kier alpha value is -7.11. The first-order chi connectivity index (χ1) is 25.7. The van der Waals surface area contributed by atoms with Crippen molar-refractivity contribution in [1.29, 1.82) is 0 Å². The number of furan rings is 2. The Bertz CT molecular complexity index is 3190. The molecule has 0 saturated heterocycles. The molecule has 3 heterocycles. The third-order valence-electron chi connectivity index (χ3n) is 10.1. The van der Waals surface area contributed by atoms with Crippen LogP contribution in [0.25, 0.3) is 111 Å². The second kappa shape index (κ2) is 11.2. The number of hydrogen-bond acceptors (Lipinski definition) is 5. The van der Waals surface area contributed by atoms with Crippen molar-refractivity contribution < 1.29 is 8.83 Å². The van der Waals surface area contributed by atoms with Crippen LogP contribution >= 0.6 is 0 Å². The smallest absolute Gasteiger partial charge is 0.167 e. The topological polar surface area (TPSA) is 65.0 Å².